The van der Waals surface area contributed by atoms with Crippen LogP contribution < -0.4 is 14.4 Å². The fourth-order valence-electron chi connectivity index (χ4n) is 3.85. The van der Waals surface area contributed by atoms with E-state index in [0.717, 1.165) is 5.69 Å². The van der Waals surface area contributed by atoms with Crippen molar-refractivity contribution < 1.29 is 57.6 Å². The summed E-state index contributed by atoms with van der Waals surface area (Å²) in [5.74, 6) is 1.09. The topological polar surface area (TPSA) is 186 Å². The van der Waals surface area contributed by atoms with Crippen LogP contribution in [0.3, 0.4) is 0 Å². The molecule has 0 radical (unpaired) electrons. The molecule has 0 amide bonds. The highest BCUT2D eigenvalue weighted by Gasteiger charge is 2.17. The van der Waals surface area contributed by atoms with Crippen LogP contribution in [0, 0.1) is 0 Å². The van der Waals surface area contributed by atoms with E-state index in [9.17, 15) is 0 Å². The smallest absolute Gasteiger partial charge is 0.251 e. The molecule has 0 atom stereocenters. The summed E-state index contributed by atoms with van der Waals surface area (Å²) in [6, 6.07) is 3.61. The largest absolute Gasteiger partial charge is 0.494 e. The van der Waals surface area contributed by atoms with Gasteiger partial charge in [0, 0.05) is 25.2 Å². The van der Waals surface area contributed by atoms with Crippen LogP contribution in [-0.2, 0) is 37.9 Å². The van der Waals surface area contributed by atoms with Gasteiger partial charge in [0.15, 0.2) is 0 Å². The Morgan fingerprint density at radius 2 is 1.02 bits per heavy atom. The van der Waals surface area contributed by atoms with Gasteiger partial charge in [-0.05, 0) is 0 Å². The van der Waals surface area contributed by atoms with Crippen LogP contribution in [0.4, 0.5) is 16.5 Å². The predicted octanol–water partition coefficient (Wildman–Crippen LogP) is 1.89. The molecule has 2 N–H and O–H groups in total. The Hall–Kier alpha value is -2.62. The van der Waals surface area contributed by atoms with E-state index >= 15 is 0 Å². The van der Waals surface area contributed by atoms with Gasteiger partial charge in [0.1, 0.15) is 22.7 Å². The van der Waals surface area contributed by atoms with Crippen molar-refractivity contribution in [1.82, 2.24) is 10.2 Å². The zero-order chi connectivity index (χ0) is 34.3. The fourth-order valence-corrected chi connectivity index (χ4v) is 4.22. The SMILES string of the molecule is COc1cc(N(CCOCCOCCOCCOCCO)CCOCCOCCOCCOCCO)c(OC)cc1/N=N/c1nncs1. The van der Waals surface area contributed by atoms with Crippen molar-refractivity contribution in [3.05, 3.63) is 17.6 Å². The standard InChI is InChI=1S/C30H51N5O12S/c1-38-28-24-27(29(39-2)23-26(28)32-34-30-33-31-25-48-30)35(3-7-40-11-15-44-19-21-46-17-13-42-9-5-36)4-8-41-12-16-45-20-22-47-18-14-43-10-6-37/h23-25,36-37H,3-22H2,1-2H3/b34-32+. The van der Waals surface area contributed by atoms with Crippen molar-refractivity contribution in [3.63, 3.8) is 0 Å². The lowest BCUT2D eigenvalue weighted by atomic mass is 10.2. The molecular formula is C30H51N5O12S. The van der Waals surface area contributed by atoms with Crippen LogP contribution in [-0.4, -0.2) is 167 Å². The Morgan fingerprint density at radius 1 is 0.583 bits per heavy atom. The fraction of sp³-hybridized carbons (Fsp3) is 0.733. The lowest BCUT2D eigenvalue weighted by Crippen LogP contribution is -2.32. The summed E-state index contributed by atoms with van der Waals surface area (Å²) in [5.41, 5.74) is 2.85. The Morgan fingerprint density at radius 3 is 1.42 bits per heavy atom. The summed E-state index contributed by atoms with van der Waals surface area (Å²) < 4.78 is 55.3. The van der Waals surface area contributed by atoms with E-state index in [1.54, 1.807) is 25.8 Å². The summed E-state index contributed by atoms with van der Waals surface area (Å²) >= 11 is 1.27. The molecule has 17 nitrogen and oxygen atoms in total. The molecule has 0 unspecified atom stereocenters. The molecule has 1 aromatic heterocycles. The van der Waals surface area contributed by atoms with Gasteiger partial charge in [-0.2, -0.15) is 0 Å². The number of azo groups is 1. The molecule has 2 rings (SSSR count). The maximum atomic E-state index is 8.69. The lowest BCUT2D eigenvalue weighted by Gasteiger charge is -2.27. The maximum Gasteiger partial charge on any atom is 0.251 e. The molecule has 0 saturated carbocycles. The molecular weight excluding hydrogens is 654 g/mol. The Balaban J connectivity index is 1.83. The third-order valence-electron chi connectivity index (χ3n) is 6.13. The molecule has 2 aromatic rings. The van der Waals surface area contributed by atoms with Crippen molar-refractivity contribution >= 4 is 27.8 Å². The van der Waals surface area contributed by atoms with E-state index in [2.05, 4.69) is 25.3 Å². The molecule has 0 aliphatic rings. The molecule has 0 saturated heterocycles. The first-order valence-electron chi connectivity index (χ1n) is 15.8. The van der Waals surface area contributed by atoms with Crippen molar-refractivity contribution in [3.8, 4) is 11.5 Å². The summed E-state index contributed by atoms with van der Waals surface area (Å²) in [6.07, 6.45) is 0. The molecule has 18 heteroatoms. The number of hydrogen-bond acceptors (Lipinski definition) is 18. The molecule has 274 valence electrons. The second-order valence-corrected chi connectivity index (χ2v) is 10.3. The number of methoxy groups -OCH3 is 2. The Kier molecular flexibility index (Phi) is 25.4. The zero-order valence-electron chi connectivity index (χ0n) is 28.0. The number of anilines is 1. The minimum absolute atomic E-state index is 0.000237. The maximum absolute atomic E-state index is 8.69. The lowest BCUT2D eigenvalue weighted by molar-refractivity contribution is -0.00592. The van der Waals surface area contributed by atoms with Gasteiger partial charge in [0.05, 0.1) is 139 Å². The minimum Gasteiger partial charge on any atom is -0.494 e. The number of aliphatic hydroxyl groups excluding tert-OH is 2. The van der Waals surface area contributed by atoms with Crippen LogP contribution in [0.5, 0.6) is 11.5 Å². The number of aromatic nitrogens is 2. The Labute approximate surface area is 285 Å². The van der Waals surface area contributed by atoms with Crippen LogP contribution >= 0.6 is 11.3 Å². The summed E-state index contributed by atoms with van der Waals surface area (Å²) in [6.45, 7) is 7.85. The van der Waals surface area contributed by atoms with E-state index in [4.69, 9.17) is 57.6 Å². The number of aliphatic hydroxyl groups is 2. The quantitative estimate of drug-likeness (QED) is 0.0809. The molecule has 0 aliphatic heterocycles. The minimum atomic E-state index is 0.000237. The van der Waals surface area contributed by atoms with Gasteiger partial charge in [-0.15, -0.1) is 20.4 Å². The molecule has 1 aromatic carbocycles. The van der Waals surface area contributed by atoms with E-state index < -0.39 is 0 Å². The van der Waals surface area contributed by atoms with Gasteiger partial charge in [-0.3, -0.25) is 0 Å². The van der Waals surface area contributed by atoms with Crippen molar-refractivity contribution in [2.75, 3.05) is 151 Å². The average Bonchev–Trinajstić information content (AvgIpc) is 3.64. The van der Waals surface area contributed by atoms with E-state index in [-0.39, 0.29) is 13.2 Å². The first kappa shape index (κ1) is 41.6. The van der Waals surface area contributed by atoms with E-state index in [1.807, 2.05) is 6.07 Å². The van der Waals surface area contributed by atoms with Crippen molar-refractivity contribution in [1.29, 1.82) is 0 Å². The number of rotatable bonds is 33. The third kappa shape index (κ3) is 19.4. The van der Waals surface area contributed by atoms with Crippen molar-refractivity contribution in [2.45, 2.75) is 0 Å². The van der Waals surface area contributed by atoms with E-state index in [1.165, 1.54) is 11.3 Å². The van der Waals surface area contributed by atoms with Crippen LogP contribution in [0.25, 0.3) is 0 Å². The van der Waals surface area contributed by atoms with Gasteiger partial charge in [-0.25, -0.2) is 0 Å². The zero-order valence-corrected chi connectivity index (χ0v) is 28.8. The van der Waals surface area contributed by atoms with Crippen LogP contribution in [0.2, 0.25) is 0 Å². The monoisotopic (exact) mass is 705 g/mol. The number of benzene rings is 1. The summed E-state index contributed by atoms with van der Waals surface area (Å²) in [7, 11) is 3.16. The number of hydrogen-bond donors (Lipinski definition) is 2. The van der Waals surface area contributed by atoms with Crippen LogP contribution in [0.15, 0.2) is 27.9 Å². The molecule has 0 aliphatic carbocycles. The van der Waals surface area contributed by atoms with Crippen LogP contribution in [0.1, 0.15) is 0 Å². The number of ether oxygens (including phenoxy) is 10. The average molecular weight is 706 g/mol. The molecule has 0 spiro atoms. The highest BCUT2D eigenvalue weighted by Crippen LogP contribution is 2.40. The summed E-state index contributed by atoms with van der Waals surface area (Å²) in [5, 5.41) is 33.9. The normalized spacial score (nSPS) is 11.5. The highest BCUT2D eigenvalue weighted by molar-refractivity contribution is 7.13. The second-order valence-electron chi connectivity index (χ2n) is 9.45. The van der Waals surface area contributed by atoms with Gasteiger partial charge < -0.3 is 62.5 Å². The van der Waals surface area contributed by atoms with E-state index in [0.29, 0.717) is 141 Å². The van der Waals surface area contributed by atoms with Gasteiger partial charge in [-0.1, -0.05) is 11.3 Å². The molecule has 48 heavy (non-hydrogen) atoms. The van der Waals surface area contributed by atoms with Crippen molar-refractivity contribution in [2.24, 2.45) is 10.2 Å². The Bertz CT molecular complexity index is 1030. The molecule has 0 fully saturated rings. The predicted molar refractivity (Wildman–Crippen MR) is 177 cm³/mol. The first-order valence-corrected chi connectivity index (χ1v) is 16.6. The molecule has 1 heterocycles. The number of nitrogens with zero attached hydrogens (tertiary/aromatic N) is 5. The second kappa shape index (κ2) is 29.3. The third-order valence-corrected chi connectivity index (χ3v) is 6.70. The van der Waals surface area contributed by atoms with Gasteiger partial charge in [0.25, 0.3) is 5.13 Å². The summed E-state index contributed by atoms with van der Waals surface area (Å²) in [4.78, 5) is 2.09. The highest BCUT2D eigenvalue weighted by atomic mass is 32.1. The van der Waals surface area contributed by atoms with Gasteiger partial charge >= 0.3 is 0 Å². The van der Waals surface area contributed by atoms with Gasteiger partial charge in [0.2, 0.25) is 0 Å². The molecule has 0 bridgehead atoms. The first-order chi connectivity index (χ1) is 23.7.